The summed E-state index contributed by atoms with van der Waals surface area (Å²) in [5.41, 5.74) is 3.79. The van der Waals surface area contributed by atoms with Crippen molar-refractivity contribution in [1.29, 1.82) is 0 Å². The minimum atomic E-state index is 0.117. The monoisotopic (exact) mass is 366 g/mol. The first-order chi connectivity index (χ1) is 12.6. The van der Waals surface area contributed by atoms with Crippen LogP contribution in [0.5, 0.6) is 5.75 Å². The van der Waals surface area contributed by atoms with Crippen LogP contribution >= 0.6 is 11.8 Å². The van der Waals surface area contributed by atoms with E-state index in [1.54, 1.807) is 6.20 Å². The van der Waals surface area contributed by atoms with Crippen LogP contribution in [0.25, 0.3) is 5.69 Å². The van der Waals surface area contributed by atoms with E-state index in [4.69, 9.17) is 4.74 Å². The molecule has 0 N–H and O–H groups in total. The van der Waals surface area contributed by atoms with Gasteiger partial charge in [-0.3, -0.25) is 4.79 Å². The first-order valence-electron chi connectivity index (χ1n) is 8.59. The molecule has 5 heteroatoms. The Kier molecular flexibility index (Phi) is 5.78. The lowest BCUT2D eigenvalue weighted by atomic mass is 10.2. The Hall–Kier alpha value is -2.53. The SMILES string of the molecule is CCOc1ccc(-n2c(C)cc(C(=O)CSc3ccccn3)c2C)cc1. The van der Waals surface area contributed by atoms with Crippen LogP contribution in [0.3, 0.4) is 0 Å². The van der Waals surface area contributed by atoms with E-state index in [9.17, 15) is 4.79 Å². The van der Waals surface area contributed by atoms with Crippen LogP contribution in [0.1, 0.15) is 28.7 Å². The Morgan fingerprint density at radius 1 is 1.15 bits per heavy atom. The lowest BCUT2D eigenvalue weighted by molar-refractivity contribution is 0.102. The predicted octanol–water partition coefficient (Wildman–Crippen LogP) is 4.86. The minimum absolute atomic E-state index is 0.117. The largest absolute Gasteiger partial charge is 0.494 e. The third-order valence-corrected chi connectivity index (χ3v) is 5.07. The van der Waals surface area contributed by atoms with Gasteiger partial charge in [-0.15, -0.1) is 0 Å². The van der Waals surface area contributed by atoms with Crippen LogP contribution in [0, 0.1) is 13.8 Å². The van der Waals surface area contributed by atoms with Crippen molar-refractivity contribution in [2.24, 2.45) is 0 Å². The molecule has 3 rings (SSSR count). The average molecular weight is 366 g/mol. The highest BCUT2D eigenvalue weighted by molar-refractivity contribution is 7.99. The van der Waals surface area contributed by atoms with Gasteiger partial charge in [0.25, 0.3) is 0 Å². The molecule has 0 aliphatic carbocycles. The molecule has 0 spiro atoms. The number of carbonyl (C=O) groups excluding carboxylic acids is 1. The molecule has 0 amide bonds. The van der Waals surface area contributed by atoms with Gasteiger partial charge in [0.05, 0.1) is 17.4 Å². The summed E-state index contributed by atoms with van der Waals surface area (Å²) in [5.74, 6) is 1.35. The van der Waals surface area contributed by atoms with Gasteiger partial charge in [-0.2, -0.15) is 0 Å². The van der Waals surface area contributed by atoms with Crippen LogP contribution in [-0.2, 0) is 0 Å². The zero-order valence-corrected chi connectivity index (χ0v) is 16.0. The minimum Gasteiger partial charge on any atom is -0.494 e. The van der Waals surface area contributed by atoms with E-state index in [1.807, 2.05) is 69.3 Å². The summed E-state index contributed by atoms with van der Waals surface area (Å²) in [6.45, 7) is 6.62. The summed E-state index contributed by atoms with van der Waals surface area (Å²) in [5, 5.41) is 0.862. The van der Waals surface area contributed by atoms with E-state index in [0.29, 0.717) is 12.4 Å². The molecule has 0 bridgehead atoms. The van der Waals surface area contributed by atoms with Gasteiger partial charge in [0, 0.05) is 28.8 Å². The van der Waals surface area contributed by atoms with Gasteiger partial charge < -0.3 is 9.30 Å². The van der Waals surface area contributed by atoms with Gasteiger partial charge in [-0.25, -0.2) is 4.98 Å². The summed E-state index contributed by atoms with van der Waals surface area (Å²) in [6.07, 6.45) is 1.74. The number of carbonyl (C=O) groups is 1. The lowest BCUT2D eigenvalue weighted by Gasteiger charge is -2.11. The molecule has 0 atom stereocenters. The fourth-order valence-corrected chi connectivity index (χ4v) is 3.69. The standard InChI is InChI=1S/C21H22N2O2S/c1-4-25-18-10-8-17(9-11-18)23-15(2)13-19(16(23)3)20(24)14-26-21-7-5-6-12-22-21/h5-13H,4,14H2,1-3H3. The number of aromatic nitrogens is 2. The maximum atomic E-state index is 12.7. The van der Waals surface area contributed by atoms with Gasteiger partial charge in [0.2, 0.25) is 0 Å². The van der Waals surface area contributed by atoms with Crippen molar-refractivity contribution < 1.29 is 9.53 Å². The maximum Gasteiger partial charge on any atom is 0.174 e. The first-order valence-corrected chi connectivity index (χ1v) is 9.58. The molecule has 0 aliphatic rings. The number of thioether (sulfide) groups is 1. The Bertz CT molecular complexity index is 886. The number of nitrogens with zero attached hydrogens (tertiary/aromatic N) is 2. The lowest BCUT2D eigenvalue weighted by Crippen LogP contribution is -2.05. The van der Waals surface area contributed by atoms with Gasteiger partial charge in [0.1, 0.15) is 5.75 Å². The van der Waals surface area contributed by atoms with Crippen molar-refractivity contribution in [3.05, 3.63) is 71.7 Å². The number of hydrogen-bond donors (Lipinski definition) is 0. The van der Waals surface area contributed by atoms with Gasteiger partial charge in [0.15, 0.2) is 5.78 Å². The first kappa shape index (κ1) is 18.3. The van der Waals surface area contributed by atoms with Gasteiger partial charge >= 0.3 is 0 Å². The van der Waals surface area contributed by atoms with Crippen LogP contribution in [-0.4, -0.2) is 27.7 Å². The fourth-order valence-electron chi connectivity index (χ4n) is 2.95. The number of ketones is 1. The number of pyridine rings is 1. The second-order valence-electron chi connectivity index (χ2n) is 5.93. The fraction of sp³-hybridized carbons (Fsp3) is 0.238. The van der Waals surface area contributed by atoms with Crippen LogP contribution in [0.15, 0.2) is 59.8 Å². The van der Waals surface area contributed by atoms with Crippen molar-refractivity contribution in [3.8, 4) is 11.4 Å². The van der Waals surface area contributed by atoms with Crippen LogP contribution in [0.2, 0.25) is 0 Å². The quantitative estimate of drug-likeness (QED) is 0.442. The number of hydrogen-bond acceptors (Lipinski definition) is 4. The van der Waals surface area contributed by atoms with Crippen molar-refractivity contribution in [2.75, 3.05) is 12.4 Å². The Labute approximate surface area is 158 Å². The second-order valence-corrected chi connectivity index (χ2v) is 6.92. The van der Waals surface area contributed by atoms with E-state index >= 15 is 0 Å². The number of rotatable bonds is 7. The molecule has 0 unspecified atom stereocenters. The smallest absolute Gasteiger partial charge is 0.174 e. The van der Waals surface area contributed by atoms with E-state index in [0.717, 1.165) is 33.4 Å². The van der Waals surface area contributed by atoms with Crippen molar-refractivity contribution in [3.63, 3.8) is 0 Å². The third-order valence-electron chi connectivity index (χ3n) is 4.13. The Balaban J connectivity index is 1.79. The highest BCUT2D eigenvalue weighted by atomic mass is 32.2. The molecule has 4 nitrogen and oxygen atoms in total. The topological polar surface area (TPSA) is 44.1 Å². The zero-order valence-electron chi connectivity index (χ0n) is 15.2. The summed E-state index contributed by atoms with van der Waals surface area (Å²) in [6, 6.07) is 15.6. The maximum absolute atomic E-state index is 12.7. The second kappa shape index (κ2) is 8.23. The highest BCUT2D eigenvalue weighted by Crippen LogP contribution is 2.25. The molecular formula is C21H22N2O2S. The molecule has 134 valence electrons. The van der Waals surface area contributed by atoms with E-state index in [2.05, 4.69) is 9.55 Å². The summed E-state index contributed by atoms with van der Waals surface area (Å²) in [4.78, 5) is 16.9. The van der Waals surface area contributed by atoms with Gasteiger partial charge in [-0.1, -0.05) is 17.8 Å². The zero-order chi connectivity index (χ0) is 18.5. The molecule has 3 aromatic rings. The summed E-state index contributed by atoms with van der Waals surface area (Å²) < 4.78 is 7.61. The average Bonchev–Trinajstić information content (AvgIpc) is 2.96. The van der Waals surface area contributed by atoms with Crippen LogP contribution < -0.4 is 4.74 Å². The predicted molar refractivity (Wildman–Crippen MR) is 106 cm³/mol. The highest BCUT2D eigenvalue weighted by Gasteiger charge is 2.17. The summed E-state index contributed by atoms with van der Waals surface area (Å²) >= 11 is 1.46. The molecule has 0 aliphatic heterocycles. The van der Waals surface area contributed by atoms with Crippen LogP contribution in [0.4, 0.5) is 0 Å². The van der Waals surface area contributed by atoms with E-state index in [-0.39, 0.29) is 5.78 Å². The molecule has 0 saturated carbocycles. The normalized spacial score (nSPS) is 10.7. The Morgan fingerprint density at radius 2 is 1.92 bits per heavy atom. The van der Waals surface area contributed by atoms with Crippen molar-refractivity contribution >= 4 is 17.5 Å². The van der Waals surface area contributed by atoms with Crippen molar-refractivity contribution in [2.45, 2.75) is 25.8 Å². The molecule has 1 aromatic carbocycles. The number of benzene rings is 1. The number of ether oxygens (including phenoxy) is 1. The van der Waals surface area contributed by atoms with Gasteiger partial charge in [-0.05, 0) is 63.2 Å². The summed E-state index contributed by atoms with van der Waals surface area (Å²) in [7, 11) is 0. The molecule has 0 saturated heterocycles. The molecule has 2 heterocycles. The molecule has 0 radical (unpaired) electrons. The molecule has 2 aromatic heterocycles. The number of aryl methyl sites for hydroxylation is 1. The Morgan fingerprint density at radius 3 is 2.58 bits per heavy atom. The van der Waals surface area contributed by atoms with Crippen molar-refractivity contribution in [1.82, 2.24) is 9.55 Å². The molecule has 26 heavy (non-hydrogen) atoms. The van der Waals surface area contributed by atoms with E-state index < -0.39 is 0 Å². The molecular weight excluding hydrogens is 344 g/mol. The number of Topliss-reactive ketones (excluding diaryl/α,β-unsaturated/α-hetero) is 1. The third kappa shape index (κ3) is 3.99. The van der Waals surface area contributed by atoms with E-state index in [1.165, 1.54) is 11.8 Å². The molecule has 0 fully saturated rings.